The molecule has 0 saturated heterocycles. The quantitative estimate of drug-likeness (QED) is 0.780. The van der Waals surface area contributed by atoms with Gasteiger partial charge in [-0.3, -0.25) is 0 Å². The van der Waals surface area contributed by atoms with Crippen molar-refractivity contribution < 1.29 is 4.74 Å². The van der Waals surface area contributed by atoms with Gasteiger partial charge < -0.3 is 4.74 Å². The predicted molar refractivity (Wildman–Crippen MR) is 69.6 cm³/mol. The van der Waals surface area contributed by atoms with Crippen LogP contribution in [0, 0.1) is 5.92 Å². The van der Waals surface area contributed by atoms with E-state index in [0.29, 0.717) is 28.3 Å². The van der Waals surface area contributed by atoms with Gasteiger partial charge in [-0.25, -0.2) is 0 Å². The van der Waals surface area contributed by atoms with E-state index in [4.69, 9.17) is 27.9 Å². The molecule has 0 heterocycles. The smallest absolute Gasteiger partial charge is 0.156 e. The molecule has 0 N–H and O–H groups in total. The number of ether oxygens (including phenoxy) is 1. The van der Waals surface area contributed by atoms with Crippen LogP contribution in [0.25, 0.3) is 0 Å². The second kappa shape index (κ2) is 6.51. The molecule has 0 aromatic heterocycles. The summed E-state index contributed by atoms with van der Waals surface area (Å²) >= 11 is 16.2. The zero-order chi connectivity index (χ0) is 11.3. The highest BCUT2D eigenvalue weighted by Gasteiger charge is 2.09. The molecular weight excluding hydrogens is 251 g/mol. The van der Waals surface area contributed by atoms with Gasteiger partial charge in [0.25, 0.3) is 0 Å². The maximum atomic E-state index is 5.97. The minimum absolute atomic E-state index is 0.431. The van der Waals surface area contributed by atoms with Crippen LogP contribution >= 0.6 is 35.8 Å². The van der Waals surface area contributed by atoms with Crippen molar-refractivity contribution in [1.29, 1.82) is 0 Å². The first-order chi connectivity index (χ1) is 7.19. The Balaban J connectivity index is 2.64. The monoisotopic (exact) mass is 264 g/mol. The summed E-state index contributed by atoms with van der Waals surface area (Å²) < 4.78 is 5.60. The second-order valence-corrected chi connectivity index (χ2v) is 4.50. The van der Waals surface area contributed by atoms with Crippen molar-refractivity contribution in [3.63, 3.8) is 0 Å². The van der Waals surface area contributed by atoms with Crippen molar-refractivity contribution in [2.24, 2.45) is 5.92 Å². The Morgan fingerprint density at radius 2 is 1.93 bits per heavy atom. The third-order valence-corrected chi connectivity index (χ3v) is 3.33. The number of thiol groups is 1. The van der Waals surface area contributed by atoms with Crippen LogP contribution in [-0.2, 0) is 0 Å². The van der Waals surface area contributed by atoms with E-state index in [2.05, 4.69) is 19.6 Å². The molecule has 1 aromatic rings. The molecule has 1 rings (SSSR count). The molecule has 0 radical (unpaired) electrons. The summed E-state index contributed by atoms with van der Waals surface area (Å²) in [4.78, 5) is 0. The molecule has 0 spiro atoms. The van der Waals surface area contributed by atoms with Crippen LogP contribution in [0.3, 0.4) is 0 Å². The van der Waals surface area contributed by atoms with E-state index in [-0.39, 0.29) is 0 Å². The molecule has 1 aromatic carbocycles. The third-order valence-electron chi connectivity index (χ3n) is 2.22. The lowest BCUT2D eigenvalue weighted by atomic mass is 10.1. The van der Waals surface area contributed by atoms with Gasteiger partial charge in [-0.05, 0) is 24.3 Å². The van der Waals surface area contributed by atoms with Crippen LogP contribution in [0.2, 0.25) is 10.0 Å². The van der Waals surface area contributed by atoms with Crippen molar-refractivity contribution in [3.8, 4) is 5.75 Å². The van der Waals surface area contributed by atoms with E-state index in [1.807, 2.05) is 0 Å². The van der Waals surface area contributed by atoms with Crippen molar-refractivity contribution in [3.05, 3.63) is 28.2 Å². The van der Waals surface area contributed by atoms with Crippen LogP contribution < -0.4 is 4.74 Å². The molecule has 0 aliphatic carbocycles. The van der Waals surface area contributed by atoms with Gasteiger partial charge in [-0.2, -0.15) is 12.6 Å². The van der Waals surface area contributed by atoms with E-state index >= 15 is 0 Å². The summed E-state index contributed by atoms with van der Waals surface area (Å²) in [6.07, 6.45) is 1.03. The maximum absolute atomic E-state index is 5.97. The van der Waals surface area contributed by atoms with E-state index in [9.17, 15) is 0 Å². The lowest BCUT2D eigenvalue weighted by Gasteiger charge is -2.15. The van der Waals surface area contributed by atoms with Gasteiger partial charge in [0.15, 0.2) is 5.75 Å². The van der Waals surface area contributed by atoms with Crippen LogP contribution in [0.4, 0.5) is 0 Å². The molecule has 1 unspecified atom stereocenters. The fourth-order valence-electron chi connectivity index (χ4n) is 1.12. The Kier molecular flexibility index (Phi) is 5.65. The van der Waals surface area contributed by atoms with Gasteiger partial charge >= 0.3 is 0 Å². The molecule has 0 aliphatic rings. The third kappa shape index (κ3) is 3.78. The standard InChI is InChI=1S/C11H14Cl2OS/c1-2-8(7-15)6-14-11-9(12)4-3-5-10(11)13/h3-5,8,15H,2,6-7H2,1H3. The summed E-state index contributed by atoms with van der Waals surface area (Å²) in [6, 6.07) is 5.34. The van der Waals surface area contributed by atoms with Gasteiger partial charge in [-0.1, -0.05) is 36.2 Å². The summed E-state index contributed by atoms with van der Waals surface area (Å²) in [5.74, 6) is 1.81. The second-order valence-electron chi connectivity index (χ2n) is 3.32. The first kappa shape index (κ1) is 13.0. The minimum Gasteiger partial charge on any atom is -0.490 e. The van der Waals surface area contributed by atoms with Crippen LogP contribution in [0.15, 0.2) is 18.2 Å². The van der Waals surface area contributed by atoms with Gasteiger partial charge in [0, 0.05) is 5.92 Å². The fraction of sp³-hybridized carbons (Fsp3) is 0.455. The minimum atomic E-state index is 0.431. The van der Waals surface area contributed by atoms with E-state index < -0.39 is 0 Å². The predicted octanol–water partition coefficient (Wildman–Crippen LogP) is 4.33. The molecule has 1 nitrogen and oxygen atoms in total. The van der Waals surface area contributed by atoms with Crippen LogP contribution in [0.1, 0.15) is 13.3 Å². The molecule has 0 aliphatic heterocycles. The van der Waals surface area contributed by atoms with Crippen molar-refractivity contribution >= 4 is 35.8 Å². The number of para-hydroxylation sites is 1. The first-order valence-electron chi connectivity index (χ1n) is 4.86. The Hall–Kier alpha value is -0.0500. The van der Waals surface area contributed by atoms with Crippen molar-refractivity contribution in [2.45, 2.75) is 13.3 Å². The molecule has 84 valence electrons. The van der Waals surface area contributed by atoms with Gasteiger partial charge in [0.1, 0.15) is 0 Å². The summed E-state index contributed by atoms with van der Waals surface area (Å²) in [5, 5.41) is 1.10. The number of halogens is 2. The normalized spacial score (nSPS) is 12.5. The average Bonchev–Trinajstić information content (AvgIpc) is 2.23. The molecule has 0 amide bonds. The van der Waals surface area contributed by atoms with Gasteiger partial charge in [0.2, 0.25) is 0 Å². The zero-order valence-corrected chi connectivity index (χ0v) is 10.9. The maximum Gasteiger partial charge on any atom is 0.156 e. The molecule has 0 saturated carbocycles. The van der Waals surface area contributed by atoms with E-state index in [0.717, 1.165) is 12.2 Å². The number of benzene rings is 1. The Morgan fingerprint density at radius 1 is 1.33 bits per heavy atom. The average molecular weight is 265 g/mol. The number of rotatable bonds is 5. The summed E-state index contributed by atoms with van der Waals surface area (Å²) in [7, 11) is 0. The van der Waals surface area contributed by atoms with Gasteiger partial charge in [-0.15, -0.1) is 0 Å². The van der Waals surface area contributed by atoms with Gasteiger partial charge in [0.05, 0.1) is 16.7 Å². The molecular formula is C11H14Cl2OS. The Morgan fingerprint density at radius 3 is 2.40 bits per heavy atom. The van der Waals surface area contributed by atoms with E-state index in [1.165, 1.54) is 0 Å². The lowest BCUT2D eigenvalue weighted by Crippen LogP contribution is -2.12. The molecule has 0 fully saturated rings. The first-order valence-corrected chi connectivity index (χ1v) is 6.25. The van der Waals surface area contributed by atoms with Crippen molar-refractivity contribution in [2.75, 3.05) is 12.4 Å². The fourth-order valence-corrected chi connectivity index (χ4v) is 1.99. The molecule has 15 heavy (non-hydrogen) atoms. The SMILES string of the molecule is CCC(CS)COc1c(Cl)cccc1Cl. The largest absolute Gasteiger partial charge is 0.490 e. The highest BCUT2D eigenvalue weighted by atomic mass is 35.5. The highest BCUT2D eigenvalue weighted by molar-refractivity contribution is 7.80. The summed E-state index contributed by atoms with van der Waals surface area (Å²) in [5.41, 5.74) is 0. The van der Waals surface area contributed by atoms with Crippen LogP contribution in [-0.4, -0.2) is 12.4 Å². The van der Waals surface area contributed by atoms with Crippen LogP contribution in [0.5, 0.6) is 5.75 Å². The topological polar surface area (TPSA) is 9.23 Å². The zero-order valence-electron chi connectivity index (χ0n) is 8.54. The van der Waals surface area contributed by atoms with Crippen molar-refractivity contribution in [1.82, 2.24) is 0 Å². The molecule has 0 bridgehead atoms. The highest BCUT2D eigenvalue weighted by Crippen LogP contribution is 2.32. The Labute approximate surface area is 106 Å². The number of hydrogen-bond donors (Lipinski definition) is 1. The lowest BCUT2D eigenvalue weighted by molar-refractivity contribution is 0.260. The Bertz CT molecular complexity index is 293. The molecule has 4 heteroatoms. The van der Waals surface area contributed by atoms with E-state index in [1.54, 1.807) is 18.2 Å². The molecule has 1 atom stereocenters. The summed E-state index contributed by atoms with van der Waals surface area (Å²) in [6.45, 7) is 2.71. The number of hydrogen-bond acceptors (Lipinski definition) is 2.